The molecule has 2 atom stereocenters. The van der Waals surface area contributed by atoms with E-state index < -0.39 is 15.4 Å². The summed E-state index contributed by atoms with van der Waals surface area (Å²) in [5.41, 5.74) is 0.778. The lowest BCUT2D eigenvalue weighted by Gasteiger charge is -2.62. The summed E-state index contributed by atoms with van der Waals surface area (Å²) >= 11 is 0. The number of hydrogen-bond donors (Lipinski definition) is 2. The molecular weight excluding hydrogens is 1190 g/mol. The minimum atomic E-state index is -3.94. The number of rotatable bonds is 57. The molecule has 0 heterocycles. The van der Waals surface area contributed by atoms with Crippen LogP contribution in [0.5, 0.6) is 0 Å². The second-order valence-corrected chi connectivity index (χ2v) is 36.9. The lowest BCUT2D eigenvalue weighted by molar-refractivity contribution is -0.136. The van der Waals surface area contributed by atoms with Crippen LogP contribution in [0.25, 0.3) is 0 Å². The van der Waals surface area contributed by atoms with Crippen molar-refractivity contribution in [3.05, 3.63) is 24.3 Å². The number of anilines is 1. The zero-order chi connectivity index (χ0) is 73.8. The molecule has 0 spiro atoms. The first-order valence-corrected chi connectivity index (χ1v) is 44.1. The number of nitrogens with one attached hydrogen (secondary N) is 1. The van der Waals surface area contributed by atoms with Crippen molar-refractivity contribution in [1.82, 2.24) is 0 Å². The van der Waals surface area contributed by atoms with E-state index in [4.69, 9.17) is 5.14 Å². The fourth-order valence-electron chi connectivity index (χ4n) is 23.0. The third-order valence-electron chi connectivity index (χ3n) is 31.8. The third-order valence-corrected chi connectivity index (χ3v) is 32.7. The molecule has 0 aliphatic rings. The second kappa shape index (κ2) is 40.6. The van der Waals surface area contributed by atoms with Crippen molar-refractivity contribution in [3.63, 3.8) is 0 Å². The van der Waals surface area contributed by atoms with Crippen LogP contribution in [0.4, 0.5) is 5.69 Å². The summed E-state index contributed by atoms with van der Waals surface area (Å²) in [5.74, 6) is 0.699. The Kier molecular flexibility index (Phi) is 39.2. The van der Waals surface area contributed by atoms with E-state index in [9.17, 15) is 8.42 Å². The molecule has 0 saturated heterocycles. The molecular formula is C90H174N2O3S. The number of nitrogens with two attached hydrogens (primary N) is 1. The molecule has 0 aliphatic carbocycles. The quantitative estimate of drug-likeness (QED) is 0.0681. The van der Waals surface area contributed by atoms with Crippen LogP contribution >= 0.6 is 0 Å². The van der Waals surface area contributed by atoms with Gasteiger partial charge in [0.05, 0.1) is 4.90 Å². The minimum absolute atomic E-state index is 0.0236. The SMILES string of the molecule is CCCC(CC)CC(CC(CC)(CC)CC)(CC(CC)(CC)CC)CC(CC(CC(CC)(CC)CC)(CC(CC)(CC)CC)CC(CC)(CC)CC)(CC(CC(CC)(CC)CC)(CC(CC)(CC)CC)CC(CC)(CC)CC)CC(C)(CC)C(=O)Nc1ccc(S(N)(=O)=O)cc1. The maximum atomic E-state index is 16.9. The van der Waals surface area contributed by atoms with Crippen molar-refractivity contribution in [2.75, 3.05) is 5.32 Å². The van der Waals surface area contributed by atoms with Gasteiger partial charge in [-0.25, -0.2) is 13.6 Å². The smallest absolute Gasteiger partial charge is 0.238 e. The van der Waals surface area contributed by atoms with Crippen LogP contribution in [0.1, 0.15) is 457 Å². The van der Waals surface area contributed by atoms with Crippen molar-refractivity contribution >= 4 is 21.6 Å². The highest BCUT2D eigenvalue weighted by molar-refractivity contribution is 7.89. The first kappa shape index (κ1) is 92.6. The normalized spacial score (nSPS) is 15.1. The van der Waals surface area contributed by atoms with Gasteiger partial charge in [-0.2, -0.15) is 0 Å². The summed E-state index contributed by atoms with van der Waals surface area (Å²) in [4.78, 5) is 17.0. The van der Waals surface area contributed by atoms with Crippen LogP contribution in [0.15, 0.2) is 29.2 Å². The van der Waals surface area contributed by atoms with Gasteiger partial charge in [0.25, 0.3) is 0 Å². The lowest BCUT2D eigenvalue weighted by Crippen LogP contribution is -2.52. The van der Waals surface area contributed by atoms with Crippen LogP contribution in [0.3, 0.4) is 0 Å². The van der Waals surface area contributed by atoms with Crippen molar-refractivity contribution in [3.8, 4) is 0 Å². The number of primary sulfonamides is 1. The topological polar surface area (TPSA) is 89.3 Å². The molecule has 0 radical (unpaired) electrons. The largest absolute Gasteiger partial charge is 0.326 e. The van der Waals surface area contributed by atoms with Gasteiger partial charge in [-0.3, -0.25) is 4.79 Å². The molecule has 1 rings (SSSR count). The maximum Gasteiger partial charge on any atom is 0.238 e. The van der Waals surface area contributed by atoms with Crippen molar-refractivity contribution in [2.24, 2.45) is 81.5 Å². The molecule has 0 saturated carbocycles. The molecule has 1 aromatic carbocycles. The lowest BCUT2D eigenvalue weighted by atomic mass is 9.43. The van der Waals surface area contributed by atoms with Crippen LogP contribution in [-0.4, -0.2) is 14.3 Å². The van der Waals surface area contributed by atoms with E-state index in [1.54, 1.807) is 24.3 Å². The Balaban J connectivity index is 6.32. The van der Waals surface area contributed by atoms with E-state index in [-0.39, 0.29) is 75.8 Å². The Labute approximate surface area is 604 Å². The molecule has 3 N–H and O–H groups in total. The summed E-state index contributed by atoms with van der Waals surface area (Å²) in [6.45, 7) is 71.6. The van der Waals surface area contributed by atoms with Gasteiger partial charge in [0.1, 0.15) is 0 Å². The van der Waals surface area contributed by atoms with Gasteiger partial charge >= 0.3 is 0 Å². The number of benzene rings is 1. The highest BCUT2D eigenvalue weighted by Crippen LogP contribution is 2.71. The van der Waals surface area contributed by atoms with Gasteiger partial charge < -0.3 is 5.32 Å². The molecule has 1 amide bonds. The predicted octanol–water partition coefficient (Wildman–Crippen LogP) is 30.3. The number of amides is 1. The van der Waals surface area contributed by atoms with Gasteiger partial charge in [0, 0.05) is 11.1 Å². The highest BCUT2D eigenvalue weighted by atomic mass is 32.2. The number of carbonyl (C=O) groups is 1. The van der Waals surface area contributed by atoms with E-state index in [0.29, 0.717) is 18.0 Å². The van der Waals surface area contributed by atoms with Crippen molar-refractivity contribution in [2.45, 2.75) is 462 Å². The average Bonchev–Trinajstić information content (AvgIpc) is 0.729. The highest BCUT2D eigenvalue weighted by Gasteiger charge is 2.60. The van der Waals surface area contributed by atoms with Gasteiger partial charge in [-0.05, 0) is 185 Å². The second-order valence-electron chi connectivity index (χ2n) is 35.3. The van der Waals surface area contributed by atoms with Gasteiger partial charge in [0.2, 0.25) is 15.9 Å². The van der Waals surface area contributed by atoms with Crippen molar-refractivity contribution < 1.29 is 13.2 Å². The Morgan fingerprint density at radius 1 is 0.323 bits per heavy atom. The summed E-state index contributed by atoms with van der Waals surface area (Å²) in [6.07, 6.45) is 48.5. The predicted molar refractivity (Wildman–Crippen MR) is 430 cm³/mol. The summed E-state index contributed by atoms with van der Waals surface area (Å²) < 4.78 is 25.7. The fourth-order valence-corrected chi connectivity index (χ4v) is 23.5. The fraction of sp³-hybridized carbons (Fsp3) is 0.922. The van der Waals surface area contributed by atoms with Gasteiger partial charge in [-0.15, -0.1) is 0 Å². The summed E-state index contributed by atoms with van der Waals surface area (Å²) in [5, 5.41) is 9.41. The van der Waals surface area contributed by atoms with Gasteiger partial charge in [0.15, 0.2) is 0 Å². The molecule has 0 aliphatic heterocycles. The van der Waals surface area contributed by atoms with E-state index in [0.717, 1.165) is 25.7 Å². The molecule has 0 bridgehead atoms. The number of carbonyl (C=O) groups excluding carboxylic acids is 1. The van der Waals surface area contributed by atoms with E-state index in [1.807, 2.05) is 0 Å². The first-order valence-electron chi connectivity index (χ1n) is 42.5. The Hall–Kier alpha value is -1.40. The molecule has 2 unspecified atom stereocenters. The monoisotopic (exact) mass is 1360 g/mol. The molecule has 0 fully saturated rings. The zero-order valence-electron chi connectivity index (χ0n) is 70.6. The summed E-state index contributed by atoms with van der Waals surface area (Å²) in [7, 11) is -3.94. The standard InChI is InChI=1S/C90H174N2O3S/c1-29-56-74(30-2)61-87(63-79(32-4,33-5)34-6,64-80(35-7,36-8)37-9)71-88(62-78(28,31-3)77(93)92-75-57-59-76(60-58-75)96(91,94)95,72-89(65-81(38-10,39-11)40-12,66-82(41-13,42-14)43-15)67-83(44-16,45-17)46-18)73-90(68-84(47-19,48-20)49-21,69-85(50-22,51-23)52-24)70-86(53-25,54-26)55-27/h57-60,74H,29-56,61-73H2,1-28H3,(H,92,93)(H2,91,94,95). The number of hydrogen-bond acceptors (Lipinski definition) is 3. The van der Waals surface area contributed by atoms with Crippen molar-refractivity contribution in [1.29, 1.82) is 0 Å². The maximum absolute atomic E-state index is 16.9. The molecule has 568 valence electrons. The minimum Gasteiger partial charge on any atom is -0.326 e. The zero-order valence-corrected chi connectivity index (χ0v) is 71.4. The van der Waals surface area contributed by atoms with E-state index in [1.165, 1.54) is 231 Å². The first-order chi connectivity index (χ1) is 45.1. The Bertz CT molecular complexity index is 2090. The molecule has 1 aromatic rings. The van der Waals surface area contributed by atoms with Crippen LogP contribution < -0.4 is 10.5 Å². The third kappa shape index (κ3) is 23.6. The Morgan fingerprint density at radius 3 is 0.729 bits per heavy atom. The van der Waals surface area contributed by atoms with Crippen LogP contribution in [-0.2, 0) is 14.8 Å². The Morgan fingerprint density at radius 2 is 0.531 bits per heavy atom. The van der Waals surface area contributed by atoms with Crippen LogP contribution in [0, 0.1) is 76.3 Å². The average molecular weight is 1360 g/mol. The van der Waals surface area contributed by atoms with Crippen LogP contribution in [0.2, 0.25) is 0 Å². The summed E-state index contributed by atoms with van der Waals surface area (Å²) in [6, 6.07) is 6.76. The van der Waals surface area contributed by atoms with E-state index >= 15 is 4.79 Å². The van der Waals surface area contributed by atoms with E-state index in [2.05, 4.69) is 199 Å². The molecule has 0 aromatic heterocycles. The number of sulfonamides is 1. The van der Waals surface area contributed by atoms with Gasteiger partial charge in [-0.1, -0.05) is 367 Å². The molecule has 6 heteroatoms. The molecule has 5 nitrogen and oxygen atoms in total. The molecule has 96 heavy (non-hydrogen) atoms.